The molecular formula is C13H10F3N3O. The molecule has 104 valence electrons. The average molecular weight is 281 g/mol. The van der Waals surface area contributed by atoms with E-state index in [1.165, 1.54) is 6.20 Å². The van der Waals surface area contributed by atoms with Crippen LogP contribution in [0.3, 0.4) is 0 Å². The topological polar surface area (TPSA) is 54.9 Å². The molecule has 0 aromatic carbocycles. The average Bonchev–Trinajstić information content (AvgIpc) is 2.38. The second-order valence-corrected chi connectivity index (χ2v) is 4.13. The van der Waals surface area contributed by atoms with Gasteiger partial charge in [0.25, 0.3) is 5.91 Å². The van der Waals surface area contributed by atoms with Crippen molar-refractivity contribution in [3.63, 3.8) is 0 Å². The lowest BCUT2D eigenvalue weighted by molar-refractivity contribution is -0.137. The summed E-state index contributed by atoms with van der Waals surface area (Å²) >= 11 is 0. The molecule has 7 heteroatoms. The van der Waals surface area contributed by atoms with E-state index >= 15 is 0 Å². The lowest BCUT2D eigenvalue weighted by Gasteiger charge is -2.08. The van der Waals surface area contributed by atoms with Crippen molar-refractivity contribution in [2.45, 2.75) is 13.1 Å². The molecular weight excluding hydrogens is 271 g/mol. The van der Waals surface area contributed by atoms with Crippen LogP contribution in [0.15, 0.2) is 36.8 Å². The van der Waals surface area contributed by atoms with Gasteiger partial charge < -0.3 is 5.32 Å². The first-order valence-electron chi connectivity index (χ1n) is 5.62. The molecule has 4 nitrogen and oxygen atoms in total. The summed E-state index contributed by atoms with van der Waals surface area (Å²) in [5.41, 5.74) is 0.248. The standard InChI is InChI=1S/C13H10F3N3O/c1-8-4-9(6-17-5-8)12(20)19-11-3-2-10(7-18-11)13(14,15)16/h2-7H,1H3,(H,18,19,20). The van der Waals surface area contributed by atoms with Crippen molar-refractivity contribution < 1.29 is 18.0 Å². The van der Waals surface area contributed by atoms with Gasteiger partial charge in [0, 0.05) is 18.6 Å². The maximum Gasteiger partial charge on any atom is 0.417 e. The number of nitrogens with zero attached hydrogens (tertiary/aromatic N) is 2. The largest absolute Gasteiger partial charge is 0.417 e. The van der Waals surface area contributed by atoms with Crippen molar-refractivity contribution in [1.29, 1.82) is 0 Å². The lowest BCUT2D eigenvalue weighted by atomic mass is 10.2. The summed E-state index contributed by atoms with van der Waals surface area (Å²) in [5, 5.41) is 2.41. The van der Waals surface area contributed by atoms with Crippen LogP contribution in [-0.2, 0) is 6.18 Å². The van der Waals surface area contributed by atoms with Crippen LogP contribution >= 0.6 is 0 Å². The zero-order valence-electron chi connectivity index (χ0n) is 10.4. The van der Waals surface area contributed by atoms with Crippen molar-refractivity contribution >= 4 is 11.7 Å². The normalized spacial score (nSPS) is 11.2. The summed E-state index contributed by atoms with van der Waals surface area (Å²) in [4.78, 5) is 19.3. The van der Waals surface area contributed by atoms with Crippen LogP contribution in [0.2, 0.25) is 0 Å². The summed E-state index contributed by atoms with van der Waals surface area (Å²) in [6.45, 7) is 1.78. The van der Waals surface area contributed by atoms with E-state index in [4.69, 9.17) is 0 Å². The number of aryl methyl sites for hydroxylation is 1. The number of carbonyl (C=O) groups excluding carboxylic acids is 1. The number of hydrogen-bond acceptors (Lipinski definition) is 3. The molecule has 0 spiro atoms. The highest BCUT2D eigenvalue weighted by Gasteiger charge is 2.30. The number of aromatic nitrogens is 2. The number of pyridine rings is 2. The quantitative estimate of drug-likeness (QED) is 0.920. The van der Waals surface area contributed by atoms with E-state index < -0.39 is 17.6 Å². The van der Waals surface area contributed by atoms with Gasteiger partial charge in [-0.3, -0.25) is 9.78 Å². The maximum absolute atomic E-state index is 12.4. The molecule has 20 heavy (non-hydrogen) atoms. The van der Waals surface area contributed by atoms with Crippen LogP contribution in [0.1, 0.15) is 21.5 Å². The zero-order chi connectivity index (χ0) is 14.8. The monoisotopic (exact) mass is 281 g/mol. The van der Waals surface area contributed by atoms with E-state index in [2.05, 4.69) is 15.3 Å². The molecule has 0 atom stereocenters. The Morgan fingerprint density at radius 1 is 1.20 bits per heavy atom. The second kappa shape index (κ2) is 5.28. The number of hydrogen-bond donors (Lipinski definition) is 1. The number of amides is 1. The number of alkyl halides is 3. The Morgan fingerprint density at radius 2 is 1.95 bits per heavy atom. The van der Waals surface area contributed by atoms with Gasteiger partial charge in [-0.25, -0.2) is 4.98 Å². The predicted octanol–water partition coefficient (Wildman–Crippen LogP) is 3.06. The zero-order valence-corrected chi connectivity index (χ0v) is 10.4. The first kappa shape index (κ1) is 14.0. The highest BCUT2D eigenvalue weighted by molar-refractivity contribution is 6.03. The summed E-state index contributed by atoms with van der Waals surface area (Å²) in [5.74, 6) is -0.432. The molecule has 0 radical (unpaired) electrons. The van der Waals surface area contributed by atoms with Crippen molar-refractivity contribution in [1.82, 2.24) is 9.97 Å². The first-order chi connectivity index (χ1) is 9.36. The Morgan fingerprint density at radius 3 is 2.50 bits per heavy atom. The van der Waals surface area contributed by atoms with Gasteiger partial charge in [-0.1, -0.05) is 0 Å². The molecule has 2 heterocycles. The Bertz CT molecular complexity index is 624. The molecule has 0 fully saturated rings. The molecule has 2 rings (SSSR count). The van der Waals surface area contributed by atoms with Crippen molar-refractivity contribution in [3.05, 3.63) is 53.5 Å². The van der Waals surface area contributed by atoms with Gasteiger partial charge in [0.15, 0.2) is 0 Å². The van der Waals surface area contributed by atoms with E-state index in [9.17, 15) is 18.0 Å². The fourth-order valence-corrected chi connectivity index (χ4v) is 1.50. The summed E-state index contributed by atoms with van der Waals surface area (Å²) < 4.78 is 37.1. The third kappa shape index (κ3) is 3.31. The minimum atomic E-state index is -4.45. The summed E-state index contributed by atoms with van der Waals surface area (Å²) in [6.07, 6.45) is -0.820. The van der Waals surface area contributed by atoms with Crippen LogP contribution in [-0.4, -0.2) is 15.9 Å². The summed E-state index contributed by atoms with van der Waals surface area (Å²) in [6, 6.07) is 3.58. The van der Waals surface area contributed by atoms with Gasteiger partial charge in [0.2, 0.25) is 0 Å². The van der Waals surface area contributed by atoms with E-state index in [1.54, 1.807) is 19.2 Å². The molecule has 0 aliphatic rings. The van der Waals surface area contributed by atoms with Crippen LogP contribution in [0.5, 0.6) is 0 Å². The number of nitrogens with one attached hydrogen (secondary N) is 1. The van der Waals surface area contributed by atoms with Gasteiger partial charge in [-0.05, 0) is 30.7 Å². The van der Waals surface area contributed by atoms with E-state index in [1.807, 2.05) is 0 Å². The van der Waals surface area contributed by atoms with E-state index in [-0.39, 0.29) is 5.82 Å². The van der Waals surface area contributed by atoms with Crippen molar-refractivity contribution in [2.24, 2.45) is 0 Å². The Balaban J connectivity index is 2.12. The van der Waals surface area contributed by atoms with E-state index in [0.29, 0.717) is 11.8 Å². The fraction of sp³-hybridized carbons (Fsp3) is 0.154. The fourth-order valence-electron chi connectivity index (χ4n) is 1.50. The van der Waals surface area contributed by atoms with Gasteiger partial charge in [-0.15, -0.1) is 0 Å². The van der Waals surface area contributed by atoms with Crippen LogP contribution in [0, 0.1) is 6.92 Å². The predicted molar refractivity (Wildman–Crippen MR) is 66.2 cm³/mol. The van der Waals surface area contributed by atoms with Crippen molar-refractivity contribution in [2.75, 3.05) is 5.32 Å². The molecule has 0 saturated carbocycles. The molecule has 1 amide bonds. The molecule has 0 bridgehead atoms. The molecule has 2 aromatic rings. The first-order valence-corrected chi connectivity index (χ1v) is 5.62. The van der Waals surface area contributed by atoms with Gasteiger partial charge in [0.1, 0.15) is 5.82 Å². The van der Waals surface area contributed by atoms with Gasteiger partial charge in [-0.2, -0.15) is 13.2 Å². The minimum absolute atomic E-state index is 0.0458. The molecule has 0 aliphatic heterocycles. The maximum atomic E-state index is 12.4. The molecule has 1 N–H and O–H groups in total. The highest BCUT2D eigenvalue weighted by Crippen LogP contribution is 2.28. The van der Waals surface area contributed by atoms with Gasteiger partial charge in [0.05, 0.1) is 11.1 Å². The molecule has 0 saturated heterocycles. The highest BCUT2D eigenvalue weighted by atomic mass is 19.4. The minimum Gasteiger partial charge on any atom is -0.307 e. The third-order valence-electron chi connectivity index (χ3n) is 2.47. The van der Waals surface area contributed by atoms with Crippen LogP contribution in [0.4, 0.5) is 19.0 Å². The lowest BCUT2D eigenvalue weighted by Crippen LogP contribution is -2.14. The number of anilines is 1. The number of rotatable bonds is 2. The van der Waals surface area contributed by atoms with Crippen LogP contribution < -0.4 is 5.32 Å². The Hall–Kier alpha value is -2.44. The SMILES string of the molecule is Cc1cncc(C(=O)Nc2ccc(C(F)(F)F)cn2)c1. The van der Waals surface area contributed by atoms with E-state index in [0.717, 1.165) is 17.7 Å². The summed E-state index contributed by atoms with van der Waals surface area (Å²) in [7, 11) is 0. The Labute approximate surface area is 112 Å². The Kier molecular flexibility index (Phi) is 3.69. The number of halogens is 3. The smallest absolute Gasteiger partial charge is 0.307 e. The van der Waals surface area contributed by atoms with Crippen molar-refractivity contribution in [3.8, 4) is 0 Å². The van der Waals surface area contributed by atoms with Gasteiger partial charge >= 0.3 is 6.18 Å². The molecule has 0 aliphatic carbocycles. The third-order valence-corrected chi connectivity index (χ3v) is 2.47. The second-order valence-electron chi connectivity index (χ2n) is 4.13. The molecule has 0 unspecified atom stereocenters. The van der Waals surface area contributed by atoms with Crippen LogP contribution in [0.25, 0.3) is 0 Å². The number of carbonyl (C=O) groups is 1. The molecule has 2 aromatic heterocycles.